The second-order valence-electron chi connectivity index (χ2n) is 5.73. The van der Waals surface area contributed by atoms with E-state index in [1.165, 1.54) is 0 Å². The normalized spacial score (nSPS) is 10.8. The maximum absolute atomic E-state index is 12.1. The van der Waals surface area contributed by atoms with E-state index < -0.39 is 0 Å². The molecule has 0 aliphatic rings. The zero-order valence-corrected chi connectivity index (χ0v) is 13.9. The van der Waals surface area contributed by atoms with Crippen molar-refractivity contribution in [2.75, 3.05) is 18.9 Å². The molecule has 0 bridgehead atoms. The monoisotopic (exact) mass is 316 g/mol. The summed E-state index contributed by atoms with van der Waals surface area (Å²) in [5, 5.41) is 3.66. The first-order valence-corrected chi connectivity index (χ1v) is 7.61. The lowest BCUT2D eigenvalue weighted by molar-refractivity contribution is -0.117. The number of halogens is 1. The smallest absolute Gasteiger partial charge is 0.238 e. The fraction of sp³-hybridized carbons (Fsp3) is 0.278. The van der Waals surface area contributed by atoms with Crippen molar-refractivity contribution in [3.63, 3.8) is 0 Å². The van der Waals surface area contributed by atoms with E-state index in [0.29, 0.717) is 18.1 Å². The summed E-state index contributed by atoms with van der Waals surface area (Å²) in [7, 11) is 1.92. The van der Waals surface area contributed by atoms with Gasteiger partial charge >= 0.3 is 0 Å². The molecule has 0 spiro atoms. The van der Waals surface area contributed by atoms with Gasteiger partial charge in [-0.3, -0.25) is 9.69 Å². The Bertz CT molecular complexity index is 650. The van der Waals surface area contributed by atoms with E-state index in [1.54, 1.807) is 0 Å². The van der Waals surface area contributed by atoms with Crippen LogP contribution in [0.5, 0.6) is 0 Å². The summed E-state index contributed by atoms with van der Waals surface area (Å²) in [6.07, 6.45) is 0. The first-order chi connectivity index (χ1) is 10.4. The van der Waals surface area contributed by atoms with Crippen LogP contribution in [-0.4, -0.2) is 24.4 Å². The number of anilines is 1. The fourth-order valence-corrected chi connectivity index (χ4v) is 2.71. The van der Waals surface area contributed by atoms with Crippen LogP contribution in [0.3, 0.4) is 0 Å². The summed E-state index contributed by atoms with van der Waals surface area (Å²) in [4.78, 5) is 14.1. The highest BCUT2D eigenvalue weighted by molar-refractivity contribution is 6.30. The molecule has 4 heteroatoms. The molecule has 0 saturated heterocycles. The van der Waals surface area contributed by atoms with Crippen LogP contribution in [0.2, 0.25) is 5.02 Å². The van der Waals surface area contributed by atoms with Crippen LogP contribution in [0.25, 0.3) is 0 Å². The lowest BCUT2D eigenvalue weighted by Gasteiger charge is -2.17. The number of likely N-dealkylation sites (N-methyl/N-ethyl adjacent to an activating group) is 1. The minimum atomic E-state index is -0.0190. The Balaban J connectivity index is 1.91. The van der Waals surface area contributed by atoms with Gasteiger partial charge in [0.2, 0.25) is 5.91 Å². The summed E-state index contributed by atoms with van der Waals surface area (Å²) in [5.74, 6) is -0.0190. The summed E-state index contributed by atoms with van der Waals surface area (Å²) in [5.41, 5.74) is 4.22. The number of rotatable bonds is 5. The average molecular weight is 317 g/mol. The summed E-state index contributed by atoms with van der Waals surface area (Å²) in [6, 6.07) is 13.7. The molecule has 1 amide bonds. The van der Waals surface area contributed by atoms with Crippen LogP contribution < -0.4 is 5.32 Å². The van der Waals surface area contributed by atoms with Gasteiger partial charge in [0, 0.05) is 17.3 Å². The van der Waals surface area contributed by atoms with Crippen LogP contribution in [0.1, 0.15) is 16.7 Å². The Morgan fingerprint density at radius 2 is 1.82 bits per heavy atom. The Morgan fingerprint density at radius 1 is 1.14 bits per heavy atom. The number of hydrogen-bond acceptors (Lipinski definition) is 2. The average Bonchev–Trinajstić information content (AvgIpc) is 2.36. The van der Waals surface area contributed by atoms with Crippen LogP contribution >= 0.6 is 11.6 Å². The molecule has 3 nitrogen and oxygen atoms in total. The summed E-state index contributed by atoms with van der Waals surface area (Å²) < 4.78 is 0. The second-order valence-corrected chi connectivity index (χ2v) is 6.16. The third-order valence-electron chi connectivity index (χ3n) is 3.26. The number of carbonyl (C=O) groups is 1. The molecule has 0 heterocycles. The van der Waals surface area contributed by atoms with Gasteiger partial charge in [0.05, 0.1) is 6.54 Å². The number of nitrogens with one attached hydrogen (secondary N) is 1. The van der Waals surface area contributed by atoms with Gasteiger partial charge in [0.15, 0.2) is 0 Å². The van der Waals surface area contributed by atoms with E-state index in [9.17, 15) is 4.79 Å². The molecular formula is C18H21ClN2O. The lowest BCUT2D eigenvalue weighted by Crippen LogP contribution is -2.29. The van der Waals surface area contributed by atoms with Crippen molar-refractivity contribution in [3.05, 3.63) is 64.2 Å². The predicted molar refractivity (Wildman–Crippen MR) is 92.3 cm³/mol. The number of benzene rings is 2. The van der Waals surface area contributed by atoms with E-state index in [-0.39, 0.29) is 5.91 Å². The molecule has 0 aliphatic carbocycles. The third-order valence-corrected chi connectivity index (χ3v) is 3.50. The first-order valence-electron chi connectivity index (χ1n) is 7.23. The second kappa shape index (κ2) is 7.43. The van der Waals surface area contributed by atoms with Gasteiger partial charge in [0.25, 0.3) is 0 Å². The topological polar surface area (TPSA) is 32.3 Å². The summed E-state index contributed by atoms with van der Waals surface area (Å²) >= 11 is 5.97. The minimum Gasteiger partial charge on any atom is -0.325 e. The van der Waals surface area contributed by atoms with Crippen LogP contribution in [0.15, 0.2) is 42.5 Å². The van der Waals surface area contributed by atoms with Crippen molar-refractivity contribution in [3.8, 4) is 0 Å². The molecule has 1 N–H and O–H groups in total. The molecule has 0 aliphatic heterocycles. The molecule has 2 aromatic carbocycles. The van der Waals surface area contributed by atoms with Crippen LogP contribution in [-0.2, 0) is 11.3 Å². The van der Waals surface area contributed by atoms with Crippen molar-refractivity contribution in [1.29, 1.82) is 0 Å². The van der Waals surface area contributed by atoms with Crippen molar-refractivity contribution < 1.29 is 4.79 Å². The highest BCUT2D eigenvalue weighted by Gasteiger charge is 2.08. The van der Waals surface area contributed by atoms with Crippen molar-refractivity contribution >= 4 is 23.2 Å². The molecule has 2 rings (SSSR count). The molecule has 0 fully saturated rings. The Hall–Kier alpha value is -1.84. The van der Waals surface area contributed by atoms with E-state index in [1.807, 2.05) is 62.2 Å². The molecule has 0 radical (unpaired) electrons. The number of nitrogens with zero attached hydrogens (tertiary/aromatic N) is 1. The zero-order valence-electron chi connectivity index (χ0n) is 13.2. The Labute approximate surface area is 136 Å². The van der Waals surface area contributed by atoms with Gasteiger partial charge in [-0.05, 0) is 61.9 Å². The van der Waals surface area contributed by atoms with E-state index in [4.69, 9.17) is 11.6 Å². The highest BCUT2D eigenvalue weighted by atomic mass is 35.5. The molecule has 0 saturated carbocycles. The Morgan fingerprint density at radius 3 is 2.45 bits per heavy atom. The molecule has 0 unspecified atom stereocenters. The number of carbonyl (C=O) groups excluding carboxylic acids is 1. The molecular weight excluding hydrogens is 296 g/mol. The van der Waals surface area contributed by atoms with Gasteiger partial charge in [-0.2, -0.15) is 0 Å². The summed E-state index contributed by atoms with van der Waals surface area (Å²) in [6.45, 7) is 5.06. The van der Waals surface area contributed by atoms with Crippen LogP contribution in [0, 0.1) is 13.8 Å². The molecule has 0 aromatic heterocycles. The number of amides is 1. The van der Waals surface area contributed by atoms with Gasteiger partial charge < -0.3 is 5.32 Å². The maximum atomic E-state index is 12.1. The van der Waals surface area contributed by atoms with Gasteiger partial charge in [-0.15, -0.1) is 0 Å². The van der Waals surface area contributed by atoms with Crippen LogP contribution in [0.4, 0.5) is 5.69 Å². The molecule has 0 atom stereocenters. The largest absolute Gasteiger partial charge is 0.325 e. The predicted octanol–water partition coefficient (Wildman–Crippen LogP) is 4.03. The first kappa shape index (κ1) is 16.5. The van der Waals surface area contributed by atoms with Crippen molar-refractivity contribution in [2.45, 2.75) is 20.4 Å². The standard InChI is InChI=1S/C18H21ClN2O/c1-13-7-14(2)9-17(8-13)20-18(22)12-21(3)11-15-5-4-6-16(19)10-15/h4-10H,11-12H2,1-3H3,(H,20,22). The van der Waals surface area contributed by atoms with Gasteiger partial charge in [-0.25, -0.2) is 0 Å². The van der Waals surface area contributed by atoms with Crippen molar-refractivity contribution in [2.24, 2.45) is 0 Å². The van der Waals surface area contributed by atoms with Gasteiger partial charge in [0.1, 0.15) is 0 Å². The lowest BCUT2D eigenvalue weighted by atomic mass is 10.1. The highest BCUT2D eigenvalue weighted by Crippen LogP contribution is 2.14. The third kappa shape index (κ3) is 5.17. The molecule has 116 valence electrons. The fourth-order valence-electron chi connectivity index (χ4n) is 2.50. The van der Waals surface area contributed by atoms with E-state index in [2.05, 4.69) is 11.4 Å². The van der Waals surface area contributed by atoms with Crippen molar-refractivity contribution in [1.82, 2.24) is 4.90 Å². The minimum absolute atomic E-state index is 0.0190. The maximum Gasteiger partial charge on any atom is 0.238 e. The van der Waals surface area contributed by atoms with Gasteiger partial charge in [-0.1, -0.05) is 29.8 Å². The van der Waals surface area contributed by atoms with E-state index >= 15 is 0 Å². The molecule has 22 heavy (non-hydrogen) atoms. The Kier molecular flexibility index (Phi) is 5.58. The zero-order chi connectivity index (χ0) is 16.1. The SMILES string of the molecule is Cc1cc(C)cc(NC(=O)CN(C)Cc2cccc(Cl)c2)c1. The van der Waals surface area contributed by atoms with E-state index in [0.717, 1.165) is 22.4 Å². The quantitative estimate of drug-likeness (QED) is 0.903. The number of hydrogen-bond donors (Lipinski definition) is 1. The number of aryl methyl sites for hydroxylation is 2. The molecule has 2 aromatic rings.